The van der Waals surface area contributed by atoms with Crippen molar-refractivity contribution < 1.29 is 9.84 Å². The molecule has 3 saturated carbocycles. The zero-order valence-corrected chi connectivity index (χ0v) is 29.1. The number of aliphatic imine (C=N–C) groups is 1. The van der Waals surface area contributed by atoms with Gasteiger partial charge in [0.2, 0.25) is 5.95 Å². The van der Waals surface area contributed by atoms with Crippen LogP contribution >= 0.6 is 23.2 Å². The Bertz CT molecular complexity index is 1710. The Balaban J connectivity index is 1.21. The third-order valence-electron chi connectivity index (χ3n) is 11.5. The molecule has 0 radical (unpaired) electrons. The van der Waals surface area contributed by atoms with Gasteiger partial charge in [0.1, 0.15) is 0 Å². The highest BCUT2D eigenvalue weighted by atomic mass is 35.5. The highest BCUT2D eigenvalue weighted by Crippen LogP contribution is 2.61. The zero-order valence-electron chi connectivity index (χ0n) is 27.6. The normalized spacial score (nSPS) is 26.4. The van der Waals surface area contributed by atoms with Gasteiger partial charge in [-0.05, 0) is 91.2 Å². The predicted octanol–water partition coefficient (Wildman–Crippen LogP) is 6.08. The predicted molar refractivity (Wildman–Crippen MR) is 190 cm³/mol. The zero-order chi connectivity index (χ0) is 32.9. The Morgan fingerprint density at radius 2 is 1.85 bits per heavy atom. The molecule has 252 valence electrons. The standard InChI is InChI=1S/C36H46Cl2N6O3/c1-22-29-18-24(36(29,2)3)19-31(22)40-34(42-14-16-47-17-15-42)39-26-6-7-28-32(21-26)41-35(43-11-9-27(45)10-12-43)44(33(28)46)13-8-23-4-5-25(37)20-30(23)38/h4-7,20-22,24,27,29,31,45H,8-19H2,1-3H3,(H,39,40). The van der Waals surface area contributed by atoms with E-state index in [-0.39, 0.29) is 17.7 Å². The van der Waals surface area contributed by atoms with Crippen molar-refractivity contribution >= 4 is 51.7 Å². The summed E-state index contributed by atoms with van der Waals surface area (Å²) in [6.45, 7) is 11.8. The number of nitrogens with one attached hydrogen (secondary N) is 1. The van der Waals surface area contributed by atoms with Crippen molar-refractivity contribution in [2.45, 2.75) is 71.6 Å². The number of fused-ring (bicyclic) bond motifs is 3. The lowest BCUT2D eigenvalue weighted by Gasteiger charge is -2.61. The van der Waals surface area contributed by atoms with Crippen LogP contribution in [0.3, 0.4) is 0 Å². The van der Waals surface area contributed by atoms with Crippen molar-refractivity contribution in [1.82, 2.24) is 14.5 Å². The van der Waals surface area contributed by atoms with Gasteiger partial charge in [-0.1, -0.05) is 50.0 Å². The fourth-order valence-corrected chi connectivity index (χ4v) is 8.80. The van der Waals surface area contributed by atoms with E-state index in [9.17, 15) is 9.90 Å². The number of piperidine rings is 1. The second kappa shape index (κ2) is 13.2. The summed E-state index contributed by atoms with van der Waals surface area (Å²) in [5, 5.41) is 15.6. The summed E-state index contributed by atoms with van der Waals surface area (Å²) in [4.78, 5) is 29.0. The molecule has 4 atom stereocenters. The molecule has 0 amide bonds. The number of guanidine groups is 1. The molecule has 4 unspecified atom stereocenters. The van der Waals surface area contributed by atoms with E-state index in [1.807, 2.05) is 30.3 Å². The number of aliphatic hydroxyl groups is 1. The van der Waals surface area contributed by atoms with Crippen LogP contribution in [0.2, 0.25) is 10.0 Å². The molecule has 8 rings (SSSR count). The van der Waals surface area contributed by atoms with Crippen LogP contribution in [0.4, 0.5) is 11.6 Å². The van der Waals surface area contributed by atoms with E-state index in [4.69, 9.17) is 37.9 Å². The first-order chi connectivity index (χ1) is 22.6. The molecule has 0 spiro atoms. The first-order valence-corrected chi connectivity index (χ1v) is 17.9. The van der Waals surface area contributed by atoms with Gasteiger partial charge in [-0.25, -0.2) is 9.98 Å². The van der Waals surface area contributed by atoms with Crippen LogP contribution in [0.25, 0.3) is 10.9 Å². The summed E-state index contributed by atoms with van der Waals surface area (Å²) in [6.07, 6.45) is 3.93. The highest BCUT2D eigenvalue weighted by Gasteiger charge is 2.56. The number of hydrogen-bond donors (Lipinski definition) is 2. The summed E-state index contributed by atoms with van der Waals surface area (Å²) in [6, 6.07) is 11.5. The Hall–Kier alpha value is -2.85. The molecular weight excluding hydrogens is 635 g/mol. The van der Waals surface area contributed by atoms with Crippen LogP contribution in [0.5, 0.6) is 0 Å². The number of ether oxygens (including phenoxy) is 1. The number of benzene rings is 2. The van der Waals surface area contributed by atoms with E-state index in [1.54, 1.807) is 10.6 Å². The van der Waals surface area contributed by atoms with Crippen LogP contribution in [-0.4, -0.2) is 77.1 Å². The van der Waals surface area contributed by atoms with Crippen molar-refractivity contribution in [1.29, 1.82) is 0 Å². The summed E-state index contributed by atoms with van der Waals surface area (Å²) in [5.41, 5.74) is 2.73. The van der Waals surface area contributed by atoms with Crippen molar-refractivity contribution in [3.63, 3.8) is 0 Å². The van der Waals surface area contributed by atoms with Gasteiger partial charge < -0.3 is 25.0 Å². The third-order valence-corrected chi connectivity index (χ3v) is 12.1. The Morgan fingerprint density at radius 3 is 2.55 bits per heavy atom. The van der Waals surface area contributed by atoms with Gasteiger partial charge in [-0.2, -0.15) is 0 Å². The number of aromatic nitrogens is 2. The first-order valence-electron chi connectivity index (χ1n) is 17.2. The Morgan fingerprint density at radius 1 is 1.09 bits per heavy atom. The number of morpholine rings is 1. The Labute approximate surface area is 286 Å². The lowest BCUT2D eigenvalue weighted by Crippen LogP contribution is -2.56. The van der Waals surface area contributed by atoms with Crippen molar-refractivity contribution in [2.24, 2.45) is 28.2 Å². The van der Waals surface area contributed by atoms with E-state index >= 15 is 0 Å². The van der Waals surface area contributed by atoms with Gasteiger partial charge in [0.15, 0.2) is 5.96 Å². The summed E-state index contributed by atoms with van der Waals surface area (Å²) in [5.74, 6) is 3.45. The van der Waals surface area contributed by atoms with Gasteiger partial charge in [0, 0.05) is 48.5 Å². The maximum atomic E-state index is 14.1. The molecule has 47 heavy (non-hydrogen) atoms. The molecule has 2 aliphatic heterocycles. The van der Waals surface area contributed by atoms with E-state index in [2.05, 4.69) is 35.9 Å². The van der Waals surface area contributed by atoms with Gasteiger partial charge >= 0.3 is 0 Å². The number of aliphatic hydroxyl groups excluding tert-OH is 1. The average molecular weight is 682 g/mol. The molecule has 9 nitrogen and oxygen atoms in total. The third kappa shape index (κ3) is 6.48. The fraction of sp³-hybridized carbons (Fsp3) is 0.583. The minimum atomic E-state index is -0.336. The molecule has 3 aliphatic carbocycles. The molecule has 2 N–H and O–H groups in total. The molecular formula is C36H46Cl2N6O3. The lowest BCUT2D eigenvalue weighted by molar-refractivity contribution is -0.108. The van der Waals surface area contributed by atoms with Crippen LogP contribution in [0.15, 0.2) is 46.2 Å². The number of halogens is 2. The van der Waals surface area contributed by atoms with Gasteiger partial charge in [0.25, 0.3) is 5.56 Å². The monoisotopic (exact) mass is 680 g/mol. The van der Waals surface area contributed by atoms with Crippen molar-refractivity contribution in [3.05, 3.63) is 62.4 Å². The highest BCUT2D eigenvalue weighted by molar-refractivity contribution is 6.35. The summed E-state index contributed by atoms with van der Waals surface area (Å²) in [7, 11) is 0. The maximum Gasteiger partial charge on any atom is 0.262 e. The molecule has 11 heteroatoms. The van der Waals surface area contributed by atoms with E-state index in [0.29, 0.717) is 96.3 Å². The number of nitrogens with zero attached hydrogens (tertiary/aromatic N) is 5. The number of anilines is 2. The molecule has 5 fully saturated rings. The molecule has 1 aromatic heterocycles. The lowest BCUT2D eigenvalue weighted by atomic mass is 9.45. The Kier molecular flexibility index (Phi) is 9.19. The van der Waals surface area contributed by atoms with Gasteiger partial charge in [-0.15, -0.1) is 0 Å². The number of hydrogen-bond acceptors (Lipinski definition) is 6. The van der Waals surface area contributed by atoms with Gasteiger partial charge in [-0.3, -0.25) is 9.36 Å². The smallest absolute Gasteiger partial charge is 0.262 e. The SMILES string of the molecule is CC1C(N=C(Nc2ccc3c(=O)n(CCc4ccc(Cl)cc4Cl)c(N4CCC(O)CC4)nc3c2)N2CCOCC2)CC2CC1C2(C)C. The van der Waals surface area contributed by atoms with E-state index < -0.39 is 0 Å². The van der Waals surface area contributed by atoms with Crippen molar-refractivity contribution in [3.8, 4) is 0 Å². The maximum absolute atomic E-state index is 14.1. The molecule has 5 aliphatic rings. The summed E-state index contributed by atoms with van der Waals surface area (Å²) >= 11 is 12.6. The van der Waals surface area contributed by atoms with Crippen LogP contribution < -0.4 is 15.8 Å². The minimum Gasteiger partial charge on any atom is -0.393 e. The first kappa shape index (κ1) is 32.7. The van der Waals surface area contributed by atoms with E-state index in [0.717, 1.165) is 42.6 Å². The molecule has 2 aromatic carbocycles. The number of rotatable bonds is 6. The van der Waals surface area contributed by atoms with Crippen LogP contribution in [0, 0.1) is 23.2 Å². The number of aryl methyl sites for hydroxylation is 1. The second-order valence-electron chi connectivity index (χ2n) is 14.5. The molecule has 3 heterocycles. The van der Waals surface area contributed by atoms with Crippen LogP contribution in [-0.2, 0) is 17.7 Å². The minimum absolute atomic E-state index is 0.0901. The van der Waals surface area contributed by atoms with E-state index in [1.165, 1.54) is 6.42 Å². The molecule has 2 saturated heterocycles. The topological polar surface area (TPSA) is 95.2 Å². The van der Waals surface area contributed by atoms with Crippen LogP contribution in [0.1, 0.15) is 52.0 Å². The summed E-state index contributed by atoms with van der Waals surface area (Å²) < 4.78 is 7.44. The average Bonchev–Trinajstić information content (AvgIpc) is 3.06. The largest absolute Gasteiger partial charge is 0.393 e. The fourth-order valence-electron chi connectivity index (χ4n) is 8.30. The van der Waals surface area contributed by atoms with Crippen molar-refractivity contribution in [2.75, 3.05) is 49.6 Å². The second-order valence-corrected chi connectivity index (χ2v) is 15.3. The quantitative estimate of drug-likeness (QED) is 0.241. The van der Waals surface area contributed by atoms with Gasteiger partial charge in [0.05, 0.1) is 36.3 Å². The molecule has 2 bridgehead atoms. The molecule has 3 aromatic rings.